The van der Waals surface area contributed by atoms with Crippen LogP contribution in [0.4, 0.5) is 11.4 Å². The van der Waals surface area contributed by atoms with Gasteiger partial charge in [0.15, 0.2) is 5.71 Å². The first-order valence-electron chi connectivity index (χ1n) is 21.0. The third kappa shape index (κ3) is 13.0. The van der Waals surface area contributed by atoms with Gasteiger partial charge in [0.1, 0.15) is 12.0 Å². The second kappa shape index (κ2) is 20.7. The molecule has 1 unspecified atom stereocenters. The number of para-hydroxylation sites is 2. The minimum Gasteiger partial charge on any atom is -0.354 e. The molecule has 21 heteroatoms. The molecule has 3 amide bonds. The average molecular weight is 1070 g/mol. The summed E-state index contributed by atoms with van der Waals surface area (Å²) in [7, 11) is -13.0. The van der Waals surface area contributed by atoms with Crippen LogP contribution in [0.1, 0.15) is 64.5 Å². The van der Waals surface area contributed by atoms with Crippen molar-refractivity contribution in [2.24, 2.45) is 5.41 Å². The fourth-order valence-corrected chi connectivity index (χ4v) is 10.4. The van der Waals surface area contributed by atoms with Crippen LogP contribution in [-0.4, -0.2) is 121 Å². The van der Waals surface area contributed by atoms with E-state index in [-0.39, 0.29) is 62.2 Å². The van der Waals surface area contributed by atoms with E-state index in [0.717, 1.165) is 33.9 Å². The Labute approximate surface area is 395 Å². The highest BCUT2D eigenvalue weighted by molar-refractivity contribution is 14.1. The smallest absolute Gasteiger partial charge is 0.266 e. The van der Waals surface area contributed by atoms with Crippen LogP contribution in [0.25, 0.3) is 0 Å². The zero-order valence-electron chi connectivity index (χ0n) is 36.7. The van der Waals surface area contributed by atoms with Crippen molar-refractivity contribution in [1.82, 2.24) is 16.0 Å². The minimum atomic E-state index is -4.49. The maximum Gasteiger partial charge on any atom is 0.266 e. The lowest BCUT2D eigenvalue weighted by Gasteiger charge is -2.35. The SMILES string of the molecule is CC1(C)C(/C=C/C2=CC(=C/C=C3/N(CCCS(=O)(=O)O)c4ccccc4C3(C)C)/CC(C(=O)NCCNC(=O)CI)(C(=O)NCCS(=O)(=O)O)C2)=[N+](CCCS(=O)(=O)O)c2ccccc21. The molecule has 1 aliphatic carbocycles. The number of carbonyl (C=O) groups is 3. The van der Waals surface area contributed by atoms with Gasteiger partial charge in [-0.3, -0.25) is 28.0 Å². The maximum atomic E-state index is 14.5. The highest BCUT2D eigenvalue weighted by atomic mass is 127. The number of halogens is 1. The number of anilines is 1. The van der Waals surface area contributed by atoms with Crippen LogP contribution < -0.4 is 20.9 Å². The van der Waals surface area contributed by atoms with Crippen LogP contribution >= 0.6 is 22.6 Å². The molecule has 2 heterocycles. The molecule has 354 valence electrons. The van der Waals surface area contributed by atoms with Crippen molar-refractivity contribution in [1.29, 1.82) is 0 Å². The first kappa shape index (κ1) is 51.7. The van der Waals surface area contributed by atoms with Gasteiger partial charge < -0.3 is 20.9 Å². The number of amides is 3. The lowest BCUT2D eigenvalue weighted by molar-refractivity contribution is -0.437. The molecule has 0 spiro atoms. The van der Waals surface area contributed by atoms with Crippen LogP contribution in [0.5, 0.6) is 0 Å². The van der Waals surface area contributed by atoms with Gasteiger partial charge in [0.05, 0.1) is 27.1 Å². The highest BCUT2D eigenvalue weighted by Crippen LogP contribution is 2.48. The molecule has 0 fully saturated rings. The second-order valence-electron chi connectivity index (χ2n) is 17.3. The Morgan fingerprint density at radius 1 is 0.723 bits per heavy atom. The van der Waals surface area contributed by atoms with E-state index in [1.54, 1.807) is 12.2 Å². The van der Waals surface area contributed by atoms with Gasteiger partial charge in [-0.15, -0.1) is 0 Å². The lowest BCUT2D eigenvalue weighted by Crippen LogP contribution is -2.54. The summed E-state index contributed by atoms with van der Waals surface area (Å²) in [5.74, 6) is -3.47. The van der Waals surface area contributed by atoms with Gasteiger partial charge >= 0.3 is 0 Å². The molecule has 65 heavy (non-hydrogen) atoms. The first-order valence-corrected chi connectivity index (χ1v) is 27.3. The average Bonchev–Trinajstić information content (AvgIpc) is 3.56. The first-order chi connectivity index (χ1) is 30.3. The summed E-state index contributed by atoms with van der Waals surface area (Å²) in [6, 6.07) is 15.3. The Morgan fingerprint density at radius 2 is 1.31 bits per heavy atom. The summed E-state index contributed by atoms with van der Waals surface area (Å²) >= 11 is 1.90. The van der Waals surface area contributed by atoms with Gasteiger partial charge in [0.2, 0.25) is 23.4 Å². The van der Waals surface area contributed by atoms with Crippen molar-refractivity contribution >= 4 is 87.8 Å². The van der Waals surface area contributed by atoms with Gasteiger partial charge in [-0.25, -0.2) is 0 Å². The van der Waals surface area contributed by atoms with Crippen LogP contribution in [0, 0.1) is 5.41 Å². The maximum absolute atomic E-state index is 14.5. The molecule has 0 saturated heterocycles. The zero-order chi connectivity index (χ0) is 48.0. The van der Waals surface area contributed by atoms with Crippen LogP contribution in [-0.2, 0) is 55.6 Å². The van der Waals surface area contributed by atoms with Crippen molar-refractivity contribution < 1.29 is 57.9 Å². The van der Waals surface area contributed by atoms with E-state index < -0.39 is 82.2 Å². The molecule has 6 N–H and O–H groups in total. The number of nitrogens with zero attached hydrogens (tertiary/aromatic N) is 2. The fraction of sp³-hybridized carbons (Fsp3) is 0.455. The van der Waals surface area contributed by atoms with E-state index >= 15 is 0 Å². The normalized spacial score (nSPS) is 20.5. The van der Waals surface area contributed by atoms with E-state index in [1.165, 1.54) is 0 Å². The molecule has 0 radical (unpaired) electrons. The van der Waals surface area contributed by atoms with Crippen molar-refractivity contribution in [2.45, 2.75) is 64.2 Å². The molecule has 0 bridgehead atoms. The Bertz CT molecular complexity index is 2690. The molecule has 17 nitrogen and oxygen atoms in total. The largest absolute Gasteiger partial charge is 0.354 e. The Kier molecular flexibility index (Phi) is 16.5. The van der Waals surface area contributed by atoms with Gasteiger partial charge in [0.25, 0.3) is 30.4 Å². The summed E-state index contributed by atoms with van der Waals surface area (Å²) in [6.07, 6.45) is 9.02. The summed E-state index contributed by atoms with van der Waals surface area (Å²) in [5, 5.41) is 8.03. The predicted octanol–water partition coefficient (Wildman–Crippen LogP) is 4.16. The van der Waals surface area contributed by atoms with E-state index in [0.29, 0.717) is 11.1 Å². The summed E-state index contributed by atoms with van der Waals surface area (Å²) in [4.78, 5) is 43.0. The van der Waals surface area contributed by atoms with Crippen molar-refractivity contribution in [3.8, 4) is 0 Å². The summed E-state index contributed by atoms with van der Waals surface area (Å²) in [6.45, 7) is 8.08. The summed E-state index contributed by atoms with van der Waals surface area (Å²) < 4.78 is 101. The molecule has 2 aromatic rings. The number of fused-ring (bicyclic) bond motifs is 2. The van der Waals surface area contributed by atoms with Gasteiger partial charge in [-0.05, 0) is 62.0 Å². The standard InChI is InChI=1S/C44H56IN5O12S3/c1-42(2)33-11-5-7-13-35(33)49(22-9-24-63(54,55)56)37(42)17-15-31-27-32(16-18-38-43(3,4)34-12-6-8-14-36(34)50(38)23-10-25-64(57,58)59)29-44(28-31,41(53)48-21-26-65(60,61)62)40(52)47-20-19-46-39(51)30-45/h5-8,11-18,27H,9-10,19-26,28-30H2,1-4H3,(H5-,46,47,48,51,52,53,54,55,56,57,58,59,60,61,62)/p+1. The molecule has 5 rings (SSSR count). The number of rotatable bonds is 20. The van der Waals surface area contributed by atoms with Gasteiger partial charge in [-0.2, -0.15) is 29.8 Å². The lowest BCUT2D eigenvalue weighted by atomic mass is 9.70. The molecular formula is C44H57IN5O12S3+. The second-order valence-corrected chi connectivity index (χ2v) is 22.8. The number of hydrogen-bond acceptors (Lipinski definition) is 10. The van der Waals surface area contributed by atoms with E-state index in [9.17, 15) is 53.3 Å². The Morgan fingerprint density at radius 3 is 1.95 bits per heavy atom. The molecule has 2 aliphatic heterocycles. The van der Waals surface area contributed by atoms with Crippen molar-refractivity contribution in [3.63, 3.8) is 0 Å². The quantitative estimate of drug-likeness (QED) is 0.0272. The van der Waals surface area contributed by atoms with Crippen LogP contribution in [0.2, 0.25) is 0 Å². The molecule has 3 aliphatic rings. The van der Waals surface area contributed by atoms with E-state index in [4.69, 9.17) is 0 Å². The number of nitrogens with one attached hydrogen (secondary N) is 3. The third-order valence-corrected chi connectivity index (χ3v) is 14.9. The molecule has 2 aromatic carbocycles. The fourth-order valence-electron chi connectivity index (χ4n) is 8.74. The van der Waals surface area contributed by atoms with Crippen LogP contribution in [0.15, 0.2) is 95.8 Å². The minimum absolute atomic E-state index is 0.0346. The highest BCUT2D eigenvalue weighted by Gasteiger charge is 2.49. The van der Waals surface area contributed by atoms with E-state index in [2.05, 4.69) is 16.0 Å². The molecule has 0 aromatic heterocycles. The monoisotopic (exact) mass is 1070 g/mol. The van der Waals surface area contributed by atoms with Gasteiger partial charge in [0, 0.05) is 67.1 Å². The number of alkyl halides is 1. The Hall–Kier alpha value is -4.26. The number of benzene rings is 2. The number of allylic oxidation sites excluding steroid dienone is 8. The number of carbonyl (C=O) groups excluding carboxylic acids is 3. The topological polar surface area (TPSA) is 257 Å². The third-order valence-electron chi connectivity index (χ3n) is 11.8. The zero-order valence-corrected chi connectivity index (χ0v) is 41.3. The van der Waals surface area contributed by atoms with Crippen molar-refractivity contribution in [3.05, 3.63) is 107 Å². The van der Waals surface area contributed by atoms with Crippen LogP contribution in [0.3, 0.4) is 0 Å². The van der Waals surface area contributed by atoms with Gasteiger partial charge in [-0.1, -0.05) is 91.1 Å². The molecular weight excluding hydrogens is 1010 g/mol. The molecule has 0 saturated carbocycles. The predicted molar refractivity (Wildman–Crippen MR) is 258 cm³/mol. The van der Waals surface area contributed by atoms with E-state index in [1.807, 2.05) is 127 Å². The Balaban J connectivity index is 1.66. The number of hydrogen-bond donors (Lipinski definition) is 6. The van der Waals surface area contributed by atoms with Crippen molar-refractivity contribution in [2.75, 3.05) is 59.3 Å². The molecule has 1 atom stereocenters. The summed E-state index contributed by atoms with van der Waals surface area (Å²) in [5.41, 5.74) is 3.15.